The summed E-state index contributed by atoms with van der Waals surface area (Å²) in [5, 5.41) is 10.7. The van der Waals surface area contributed by atoms with Crippen molar-refractivity contribution in [3.05, 3.63) is 48.0 Å². The molecule has 2 N–H and O–H groups in total. The standard InChI is InChI=1S/C18H21FN4O2.ClH/c19-14-4-1-3-13-15(5-12-25-16(13)14)22-17(24)18(6-9-20-10-7-18)23-11-2-8-21-23;/h1-4,8,11,15,20H,5-7,9-10,12H2,(H,22,24);1H/t15-;/m1./s1. The minimum absolute atomic E-state index is 0. The molecule has 1 saturated heterocycles. The fraction of sp³-hybridized carbons (Fsp3) is 0.444. The quantitative estimate of drug-likeness (QED) is 0.856. The number of carbonyl (C=O) groups excluding carboxylic acids is 1. The second kappa shape index (κ2) is 7.63. The van der Waals surface area contributed by atoms with Crippen molar-refractivity contribution in [3.63, 3.8) is 0 Å². The number of ether oxygens (including phenoxy) is 1. The zero-order valence-electron chi connectivity index (χ0n) is 14.3. The van der Waals surface area contributed by atoms with Crippen LogP contribution in [0.1, 0.15) is 30.9 Å². The van der Waals surface area contributed by atoms with E-state index in [1.807, 2.05) is 18.3 Å². The van der Waals surface area contributed by atoms with Gasteiger partial charge in [0.2, 0.25) is 5.91 Å². The number of hydrogen-bond acceptors (Lipinski definition) is 4. The van der Waals surface area contributed by atoms with Crippen LogP contribution in [0.3, 0.4) is 0 Å². The van der Waals surface area contributed by atoms with Gasteiger partial charge in [0.25, 0.3) is 0 Å². The monoisotopic (exact) mass is 380 g/mol. The molecule has 140 valence electrons. The maximum Gasteiger partial charge on any atom is 0.248 e. The molecule has 4 rings (SSSR count). The molecule has 3 heterocycles. The van der Waals surface area contributed by atoms with Gasteiger partial charge in [-0.1, -0.05) is 12.1 Å². The summed E-state index contributed by atoms with van der Waals surface area (Å²) < 4.78 is 21.2. The first-order valence-electron chi connectivity index (χ1n) is 8.64. The Morgan fingerprint density at radius 1 is 1.35 bits per heavy atom. The zero-order valence-corrected chi connectivity index (χ0v) is 15.1. The van der Waals surface area contributed by atoms with E-state index in [1.165, 1.54) is 6.07 Å². The number of halogens is 2. The molecular formula is C18H22ClFN4O2. The predicted octanol–water partition coefficient (Wildman–Crippen LogP) is 2.16. The van der Waals surface area contributed by atoms with Crippen LogP contribution in [0, 0.1) is 5.82 Å². The highest BCUT2D eigenvalue weighted by Crippen LogP contribution is 2.35. The topological polar surface area (TPSA) is 68.2 Å². The van der Waals surface area contributed by atoms with Crippen molar-refractivity contribution >= 4 is 18.3 Å². The molecule has 1 aromatic carbocycles. The molecule has 0 spiro atoms. The summed E-state index contributed by atoms with van der Waals surface area (Å²) in [5.41, 5.74) is -0.00951. The molecule has 0 aliphatic carbocycles. The van der Waals surface area contributed by atoms with Gasteiger partial charge in [-0.3, -0.25) is 9.48 Å². The molecule has 0 radical (unpaired) electrons. The predicted molar refractivity (Wildman–Crippen MR) is 96.9 cm³/mol. The Bertz CT molecular complexity index is 763. The van der Waals surface area contributed by atoms with Gasteiger partial charge in [-0.15, -0.1) is 12.4 Å². The van der Waals surface area contributed by atoms with Gasteiger partial charge in [0, 0.05) is 24.4 Å². The van der Waals surface area contributed by atoms with E-state index >= 15 is 0 Å². The van der Waals surface area contributed by atoms with Crippen molar-refractivity contribution in [2.45, 2.75) is 30.8 Å². The van der Waals surface area contributed by atoms with Crippen molar-refractivity contribution in [1.29, 1.82) is 0 Å². The lowest BCUT2D eigenvalue weighted by Gasteiger charge is -2.38. The lowest BCUT2D eigenvalue weighted by molar-refractivity contribution is -0.133. The average Bonchev–Trinajstić information content (AvgIpc) is 3.18. The Labute approximate surface area is 157 Å². The molecule has 1 atom stereocenters. The molecule has 6 nitrogen and oxygen atoms in total. The van der Waals surface area contributed by atoms with Gasteiger partial charge in [-0.2, -0.15) is 5.10 Å². The minimum atomic E-state index is -0.708. The lowest BCUT2D eigenvalue weighted by atomic mass is 9.86. The number of para-hydroxylation sites is 1. The number of amides is 1. The van der Waals surface area contributed by atoms with Crippen molar-refractivity contribution in [3.8, 4) is 5.75 Å². The maximum absolute atomic E-state index is 14.0. The molecule has 2 aromatic rings. The van der Waals surface area contributed by atoms with Crippen molar-refractivity contribution < 1.29 is 13.9 Å². The molecule has 0 bridgehead atoms. The number of carbonyl (C=O) groups is 1. The third kappa shape index (κ3) is 3.17. The molecule has 1 amide bonds. The molecule has 8 heteroatoms. The third-order valence-electron chi connectivity index (χ3n) is 5.13. The van der Waals surface area contributed by atoms with E-state index in [2.05, 4.69) is 15.7 Å². The van der Waals surface area contributed by atoms with Gasteiger partial charge in [-0.25, -0.2) is 4.39 Å². The molecule has 0 saturated carbocycles. The number of nitrogens with zero attached hydrogens (tertiary/aromatic N) is 2. The van der Waals surface area contributed by atoms with Gasteiger partial charge in [0.15, 0.2) is 11.6 Å². The SMILES string of the molecule is Cl.O=C(N[C@@H]1CCOc2c(F)cccc21)C1(n2cccn2)CCNCC1. The van der Waals surface area contributed by atoms with Crippen LogP contribution in [0.25, 0.3) is 0 Å². The fourth-order valence-electron chi connectivity index (χ4n) is 3.75. The van der Waals surface area contributed by atoms with E-state index in [0.717, 1.165) is 13.1 Å². The molecule has 26 heavy (non-hydrogen) atoms. The molecule has 1 aromatic heterocycles. The maximum atomic E-state index is 14.0. The van der Waals surface area contributed by atoms with Crippen LogP contribution >= 0.6 is 12.4 Å². The van der Waals surface area contributed by atoms with Crippen LogP contribution in [0.2, 0.25) is 0 Å². The molecule has 2 aliphatic rings. The molecule has 0 unspecified atom stereocenters. The Morgan fingerprint density at radius 2 is 2.15 bits per heavy atom. The van der Waals surface area contributed by atoms with Gasteiger partial charge >= 0.3 is 0 Å². The van der Waals surface area contributed by atoms with E-state index in [0.29, 0.717) is 31.4 Å². The average molecular weight is 381 g/mol. The van der Waals surface area contributed by atoms with Crippen LogP contribution in [0.15, 0.2) is 36.7 Å². The van der Waals surface area contributed by atoms with Crippen LogP contribution in [0.4, 0.5) is 4.39 Å². The summed E-state index contributed by atoms with van der Waals surface area (Å²) in [6.07, 6.45) is 5.48. The number of rotatable bonds is 3. The number of fused-ring (bicyclic) bond motifs is 1. The van der Waals surface area contributed by atoms with Crippen LogP contribution < -0.4 is 15.4 Å². The first-order chi connectivity index (χ1) is 12.2. The summed E-state index contributed by atoms with van der Waals surface area (Å²) in [5.74, 6) is -0.211. The van der Waals surface area contributed by atoms with E-state index in [9.17, 15) is 9.18 Å². The number of nitrogens with one attached hydrogen (secondary N) is 2. The summed E-state index contributed by atoms with van der Waals surface area (Å²) in [7, 11) is 0. The summed E-state index contributed by atoms with van der Waals surface area (Å²) in [6.45, 7) is 1.90. The Kier molecular flexibility index (Phi) is 5.48. The summed E-state index contributed by atoms with van der Waals surface area (Å²) in [6, 6.07) is 6.41. The smallest absolute Gasteiger partial charge is 0.248 e. The van der Waals surface area contributed by atoms with E-state index in [4.69, 9.17) is 4.74 Å². The largest absolute Gasteiger partial charge is 0.490 e. The molecule has 1 fully saturated rings. The summed E-state index contributed by atoms with van der Waals surface area (Å²) in [4.78, 5) is 13.2. The van der Waals surface area contributed by atoms with Crippen molar-refractivity contribution in [2.75, 3.05) is 19.7 Å². The number of aromatic nitrogens is 2. The van der Waals surface area contributed by atoms with Gasteiger partial charge in [0.1, 0.15) is 5.54 Å². The zero-order chi connectivity index (χ0) is 17.3. The Morgan fingerprint density at radius 3 is 2.88 bits per heavy atom. The summed E-state index contributed by atoms with van der Waals surface area (Å²) >= 11 is 0. The third-order valence-corrected chi connectivity index (χ3v) is 5.13. The highest BCUT2D eigenvalue weighted by atomic mass is 35.5. The van der Waals surface area contributed by atoms with Crippen molar-refractivity contribution in [1.82, 2.24) is 20.4 Å². The van der Waals surface area contributed by atoms with Crippen LogP contribution in [-0.2, 0) is 10.3 Å². The molecule has 2 aliphatic heterocycles. The second-order valence-corrected chi connectivity index (χ2v) is 6.55. The number of hydrogen-bond donors (Lipinski definition) is 2. The number of benzene rings is 1. The van der Waals surface area contributed by atoms with E-state index < -0.39 is 5.54 Å². The normalized spacial score (nSPS) is 21.0. The van der Waals surface area contributed by atoms with Gasteiger partial charge < -0.3 is 15.4 Å². The number of piperidine rings is 1. The second-order valence-electron chi connectivity index (χ2n) is 6.55. The minimum Gasteiger partial charge on any atom is -0.490 e. The Hall–Kier alpha value is -2.12. The molecular weight excluding hydrogens is 359 g/mol. The fourth-order valence-corrected chi connectivity index (χ4v) is 3.75. The Balaban J connectivity index is 0.00000196. The lowest BCUT2D eigenvalue weighted by Crippen LogP contribution is -2.55. The van der Waals surface area contributed by atoms with E-state index in [-0.39, 0.29) is 35.9 Å². The highest BCUT2D eigenvalue weighted by Gasteiger charge is 2.43. The van der Waals surface area contributed by atoms with E-state index in [1.54, 1.807) is 16.9 Å². The first-order valence-corrected chi connectivity index (χ1v) is 8.64. The van der Waals surface area contributed by atoms with Gasteiger partial charge in [0.05, 0.1) is 12.6 Å². The highest BCUT2D eigenvalue weighted by molar-refractivity contribution is 5.85. The van der Waals surface area contributed by atoms with Crippen molar-refractivity contribution in [2.24, 2.45) is 0 Å². The van der Waals surface area contributed by atoms with Crippen LogP contribution in [-0.4, -0.2) is 35.4 Å². The first kappa shape index (κ1) is 18.7. The van der Waals surface area contributed by atoms with Gasteiger partial charge in [-0.05, 0) is 38.1 Å². The van der Waals surface area contributed by atoms with Crippen LogP contribution in [0.5, 0.6) is 5.75 Å².